The fourth-order valence-corrected chi connectivity index (χ4v) is 1.83. The lowest BCUT2D eigenvalue weighted by Crippen LogP contribution is -1.96. The summed E-state index contributed by atoms with van der Waals surface area (Å²) >= 11 is 0. The van der Waals surface area contributed by atoms with E-state index in [1.54, 1.807) is 12.1 Å². The van der Waals surface area contributed by atoms with E-state index in [-0.39, 0.29) is 11.7 Å². The van der Waals surface area contributed by atoms with Crippen molar-refractivity contribution in [3.05, 3.63) is 47.8 Å². The molecule has 0 nitrogen and oxygen atoms in total. The lowest BCUT2D eigenvalue weighted by atomic mass is 9.93. The second kappa shape index (κ2) is 3.56. The van der Waals surface area contributed by atoms with Gasteiger partial charge < -0.3 is 0 Å². The van der Waals surface area contributed by atoms with Crippen LogP contribution in [-0.2, 0) is 0 Å². The summed E-state index contributed by atoms with van der Waals surface area (Å²) in [5.74, 6) is 0.785. The molecule has 0 amide bonds. The highest BCUT2D eigenvalue weighted by Gasteiger charge is 2.26. The molecule has 1 heteroatoms. The Kier molecular flexibility index (Phi) is 2.40. The van der Waals surface area contributed by atoms with Crippen LogP contribution in [0.5, 0.6) is 0 Å². The molecule has 0 aromatic heterocycles. The molecule has 1 atom stereocenters. The minimum Gasteiger partial charge on any atom is -0.207 e. The molecule has 74 valence electrons. The Bertz CT molecular complexity index is 350. The van der Waals surface area contributed by atoms with Crippen LogP contribution in [0.3, 0.4) is 0 Å². The van der Waals surface area contributed by atoms with Crippen LogP contribution in [0.15, 0.2) is 30.9 Å². The molecule has 1 aliphatic carbocycles. The minimum absolute atomic E-state index is 0.141. The van der Waals surface area contributed by atoms with Gasteiger partial charge in [-0.15, -0.1) is 6.58 Å². The molecule has 0 N–H and O–H groups in total. The molecule has 0 aliphatic heterocycles. The van der Waals surface area contributed by atoms with Gasteiger partial charge in [0.1, 0.15) is 5.82 Å². The first-order chi connectivity index (χ1) is 6.72. The summed E-state index contributed by atoms with van der Waals surface area (Å²) < 4.78 is 13.1. The van der Waals surface area contributed by atoms with Crippen LogP contribution in [0.2, 0.25) is 0 Å². The summed E-state index contributed by atoms with van der Waals surface area (Å²) in [5.41, 5.74) is 2.43. The molecule has 14 heavy (non-hydrogen) atoms. The van der Waals surface area contributed by atoms with Crippen molar-refractivity contribution >= 4 is 0 Å². The van der Waals surface area contributed by atoms with E-state index in [1.165, 1.54) is 18.4 Å². The van der Waals surface area contributed by atoms with Crippen LogP contribution in [0.25, 0.3) is 0 Å². The number of benzene rings is 1. The standard InChI is InChI=1S/C13H15F/c1-3-9(2)13-8-11(14)6-7-12(13)10-4-5-10/h3,6-10H,1,4-5H2,2H3. The Morgan fingerprint density at radius 3 is 2.79 bits per heavy atom. The van der Waals surface area contributed by atoms with Gasteiger partial charge in [-0.1, -0.05) is 19.1 Å². The Balaban J connectivity index is 2.42. The van der Waals surface area contributed by atoms with Gasteiger partial charge in [-0.05, 0) is 47.9 Å². The van der Waals surface area contributed by atoms with E-state index >= 15 is 0 Å². The third-order valence-corrected chi connectivity index (χ3v) is 2.91. The maximum atomic E-state index is 13.1. The normalized spacial score (nSPS) is 17.9. The smallest absolute Gasteiger partial charge is 0.123 e. The molecule has 0 saturated heterocycles. The van der Waals surface area contributed by atoms with Crippen molar-refractivity contribution in [3.63, 3.8) is 0 Å². The first-order valence-corrected chi connectivity index (χ1v) is 5.14. The van der Waals surface area contributed by atoms with Gasteiger partial charge in [-0.25, -0.2) is 4.39 Å². The van der Waals surface area contributed by atoms with Gasteiger partial charge in [-0.2, -0.15) is 0 Å². The van der Waals surface area contributed by atoms with E-state index in [2.05, 4.69) is 13.5 Å². The van der Waals surface area contributed by atoms with Gasteiger partial charge in [0.05, 0.1) is 0 Å². The van der Waals surface area contributed by atoms with Crippen LogP contribution in [0.4, 0.5) is 4.39 Å². The number of allylic oxidation sites excluding steroid dienone is 1. The highest BCUT2D eigenvalue weighted by Crippen LogP contribution is 2.43. The zero-order chi connectivity index (χ0) is 10.1. The second-order valence-corrected chi connectivity index (χ2v) is 4.07. The summed E-state index contributed by atoms with van der Waals surface area (Å²) in [6.45, 7) is 5.83. The van der Waals surface area contributed by atoms with Crippen molar-refractivity contribution in [1.82, 2.24) is 0 Å². The quantitative estimate of drug-likeness (QED) is 0.632. The highest BCUT2D eigenvalue weighted by molar-refractivity contribution is 5.37. The van der Waals surface area contributed by atoms with E-state index in [0.29, 0.717) is 5.92 Å². The third-order valence-electron chi connectivity index (χ3n) is 2.91. The Morgan fingerprint density at radius 2 is 2.21 bits per heavy atom. The van der Waals surface area contributed by atoms with Crippen molar-refractivity contribution in [2.24, 2.45) is 0 Å². The van der Waals surface area contributed by atoms with Gasteiger partial charge >= 0.3 is 0 Å². The average Bonchev–Trinajstić information content (AvgIpc) is 3.00. The molecule has 1 aliphatic rings. The average molecular weight is 190 g/mol. The van der Waals surface area contributed by atoms with Crippen LogP contribution < -0.4 is 0 Å². The highest BCUT2D eigenvalue weighted by atomic mass is 19.1. The molecule has 1 fully saturated rings. The molecule has 1 saturated carbocycles. The summed E-state index contributed by atoms with van der Waals surface area (Å²) in [6.07, 6.45) is 4.38. The third kappa shape index (κ3) is 1.72. The van der Waals surface area contributed by atoms with Crippen molar-refractivity contribution in [2.45, 2.75) is 31.6 Å². The van der Waals surface area contributed by atoms with E-state index in [4.69, 9.17) is 0 Å². The lowest BCUT2D eigenvalue weighted by molar-refractivity contribution is 0.623. The largest absolute Gasteiger partial charge is 0.207 e. The van der Waals surface area contributed by atoms with E-state index in [0.717, 1.165) is 5.56 Å². The number of halogens is 1. The zero-order valence-electron chi connectivity index (χ0n) is 8.46. The zero-order valence-corrected chi connectivity index (χ0v) is 8.46. The van der Waals surface area contributed by atoms with Crippen molar-refractivity contribution in [2.75, 3.05) is 0 Å². The Morgan fingerprint density at radius 1 is 1.50 bits per heavy atom. The predicted octanol–water partition coefficient (Wildman–Crippen LogP) is 3.99. The van der Waals surface area contributed by atoms with Gasteiger partial charge in [-0.3, -0.25) is 0 Å². The van der Waals surface area contributed by atoms with Crippen molar-refractivity contribution < 1.29 is 4.39 Å². The molecule has 0 bridgehead atoms. The molecule has 0 heterocycles. The number of hydrogen-bond acceptors (Lipinski definition) is 0. The first kappa shape index (κ1) is 9.45. The monoisotopic (exact) mass is 190 g/mol. The molecular weight excluding hydrogens is 175 g/mol. The van der Waals surface area contributed by atoms with Crippen LogP contribution in [0.1, 0.15) is 42.7 Å². The lowest BCUT2D eigenvalue weighted by Gasteiger charge is -2.12. The fourth-order valence-electron chi connectivity index (χ4n) is 1.83. The van der Waals surface area contributed by atoms with Gasteiger partial charge in [0.15, 0.2) is 0 Å². The summed E-state index contributed by atoms with van der Waals surface area (Å²) in [6, 6.07) is 5.15. The van der Waals surface area contributed by atoms with Crippen molar-refractivity contribution in [3.8, 4) is 0 Å². The van der Waals surface area contributed by atoms with Crippen molar-refractivity contribution in [1.29, 1.82) is 0 Å². The fraction of sp³-hybridized carbons (Fsp3) is 0.385. The summed E-state index contributed by atoms with van der Waals surface area (Å²) in [5, 5.41) is 0. The van der Waals surface area contributed by atoms with Gasteiger partial charge in [0, 0.05) is 0 Å². The van der Waals surface area contributed by atoms with Gasteiger partial charge in [0.25, 0.3) is 0 Å². The molecule has 1 aromatic carbocycles. The number of hydrogen-bond donors (Lipinski definition) is 0. The molecule has 0 spiro atoms. The van der Waals surface area contributed by atoms with Crippen LogP contribution >= 0.6 is 0 Å². The summed E-state index contributed by atoms with van der Waals surface area (Å²) in [4.78, 5) is 0. The maximum Gasteiger partial charge on any atom is 0.123 e. The molecular formula is C13H15F. The predicted molar refractivity (Wildman–Crippen MR) is 57.0 cm³/mol. The Hall–Kier alpha value is -1.11. The molecule has 0 radical (unpaired) electrons. The molecule has 1 unspecified atom stereocenters. The van der Waals surface area contributed by atoms with Crippen LogP contribution in [-0.4, -0.2) is 0 Å². The second-order valence-electron chi connectivity index (χ2n) is 4.07. The van der Waals surface area contributed by atoms with E-state index in [9.17, 15) is 4.39 Å². The number of rotatable bonds is 3. The minimum atomic E-state index is -0.141. The van der Waals surface area contributed by atoms with Gasteiger partial charge in [0.2, 0.25) is 0 Å². The molecule has 2 rings (SSSR count). The topological polar surface area (TPSA) is 0 Å². The molecule has 1 aromatic rings. The first-order valence-electron chi connectivity index (χ1n) is 5.14. The maximum absolute atomic E-state index is 13.1. The van der Waals surface area contributed by atoms with E-state index in [1.807, 2.05) is 12.1 Å². The van der Waals surface area contributed by atoms with E-state index < -0.39 is 0 Å². The Labute approximate surface area is 84.5 Å². The summed E-state index contributed by atoms with van der Waals surface area (Å²) in [7, 11) is 0. The van der Waals surface area contributed by atoms with Crippen LogP contribution in [0, 0.1) is 5.82 Å². The SMILES string of the molecule is C=CC(C)c1cc(F)ccc1C1CC1.